The lowest BCUT2D eigenvalue weighted by Crippen LogP contribution is -1.97. The van der Waals surface area contributed by atoms with Gasteiger partial charge in [-0.05, 0) is 12.1 Å². The first-order valence-electron chi connectivity index (χ1n) is 5.45. The fourth-order valence-corrected chi connectivity index (χ4v) is 1.56. The Hall–Kier alpha value is -2.74. The number of nitrogen functional groups attached to an aromatic ring is 1. The van der Waals surface area contributed by atoms with Gasteiger partial charge < -0.3 is 15.2 Å². The Morgan fingerprint density at radius 2 is 1.89 bits per heavy atom. The van der Waals surface area contributed by atoms with Crippen LogP contribution in [0.1, 0.15) is 5.56 Å². The predicted octanol–water partition coefficient (Wildman–Crippen LogP) is 3.08. The predicted molar refractivity (Wildman–Crippen MR) is 68.6 cm³/mol. The summed E-state index contributed by atoms with van der Waals surface area (Å²) in [7, 11) is 1.35. The van der Waals surface area contributed by atoms with E-state index < -0.39 is 5.82 Å². The van der Waals surface area contributed by atoms with Gasteiger partial charge in [-0.2, -0.15) is 5.26 Å². The summed E-state index contributed by atoms with van der Waals surface area (Å²) in [4.78, 5) is 0. The van der Waals surface area contributed by atoms with Gasteiger partial charge >= 0.3 is 0 Å². The molecule has 0 unspecified atom stereocenters. The standard InChI is InChI=1S/C14H11FN2O2/c1-18-13-7-14(11(17)6-10(13)15)19-12-5-3-2-4-9(12)8-16/h2-7H,17H2,1H3. The van der Waals surface area contributed by atoms with Crippen molar-refractivity contribution in [1.82, 2.24) is 0 Å². The molecule has 4 nitrogen and oxygen atoms in total. The minimum atomic E-state index is -0.569. The number of hydrogen-bond acceptors (Lipinski definition) is 4. The summed E-state index contributed by atoms with van der Waals surface area (Å²) >= 11 is 0. The summed E-state index contributed by atoms with van der Waals surface area (Å²) in [5.74, 6) is 0.0471. The quantitative estimate of drug-likeness (QED) is 0.859. The zero-order chi connectivity index (χ0) is 13.8. The number of nitrogens with two attached hydrogens (primary N) is 1. The maximum absolute atomic E-state index is 13.4. The molecule has 0 heterocycles. The minimum absolute atomic E-state index is 0.0265. The van der Waals surface area contributed by atoms with Crippen molar-refractivity contribution < 1.29 is 13.9 Å². The van der Waals surface area contributed by atoms with Crippen LogP contribution in [0.25, 0.3) is 0 Å². The highest BCUT2D eigenvalue weighted by atomic mass is 19.1. The molecule has 0 aromatic heterocycles. The number of benzene rings is 2. The Balaban J connectivity index is 2.41. The van der Waals surface area contributed by atoms with Gasteiger partial charge in [0.25, 0.3) is 0 Å². The molecular weight excluding hydrogens is 247 g/mol. The number of ether oxygens (including phenoxy) is 2. The van der Waals surface area contributed by atoms with E-state index in [0.717, 1.165) is 6.07 Å². The Kier molecular flexibility index (Phi) is 3.53. The van der Waals surface area contributed by atoms with E-state index >= 15 is 0 Å². The Morgan fingerprint density at radius 3 is 2.58 bits per heavy atom. The van der Waals surface area contributed by atoms with Crippen LogP contribution in [-0.2, 0) is 0 Å². The van der Waals surface area contributed by atoms with Gasteiger partial charge in [-0.15, -0.1) is 0 Å². The molecule has 19 heavy (non-hydrogen) atoms. The summed E-state index contributed by atoms with van der Waals surface area (Å²) in [5.41, 5.74) is 6.18. The highest BCUT2D eigenvalue weighted by Crippen LogP contribution is 2.34. The first-order valence-corrected chi connectivity index (χ1v) is 5.45. The van der Waals surface area contributed by atoms with E-state index in [1.54, 1.807) is 24.3 Å². The van der Waals surface area contributed by atoms with E-state index in [1.165, 1.54) is 13.2 Å². The number of para-hydroxylation sites is 1. The lowest BCUT2D eigenvalue weighted by Gasteiger charge is -2.11. The first-order chi connectivity index (χ1) is 9.15. The molecule has 0 aliphatic heterocycles. The number of nitrogens with zero attached hydrogens (tertiary/aromatic N) is 1. The molecule has 0 aliphatic rings. The zero-order valence-electron chi connectivity index (χ0n) is 10.2. The summed E-state index contributed by atoms with van der Waals surface area (Å²) < 4.78 is 23.8. The van der Waals surface area contributed by atoms with Crippen molar-refractivity contribution in [1.29, 1.82) is 5.26 Å². The molecule has 2 aromatic carbocycles. The molecule has 2 N–H and O–H groups in total. The van der Waals surface area contributed by atoms with Gasteiger partial charge in [-0.1, -0.05) is 12.1 Å². The second kappa shape index (κ2) is 5.27. The SMILES string of the molecule is COc1cc(Oc2ccccc2C#N)c(N)cc1F. The van der Waals surface area contributed by atoms with Crippen molar-refractivity contribution >= 4 is 5.69 Å². The van der Waals surface area contributed by atoms with Crippen LogP contribution in [0.3, 0.4) is 0 Å². The van der Waals surface area contributed by atoms with E-state index in [0.29, 0.717) is 11.3 Å². The summed E-state index contributed by atoms with van der Waals surface area (Å²) in [6.07, 6.45) is 0. The van der Waals surface area contributed by atoms with Gasteiger partial charge in [0.1, 0.15) is 11.8 Å². The monoisotopic (exact) mass is 258 g/mol. The molecule has 0 saturated carbocycles. The molecule has 5 heteroatoms. The highest BCUT2D eigenvalue weighted by molar-refractivity contribution is 5.58. The highest BCUT2D eigenvalue weighted by Gasteiger charge is 2.11. The molecule has 0 atom stereocenters. The third-order valence-corrected chi connectivity index (χ3v) is 2.51. The number of methoxy groups -OCH3 is 1. The summed E-state index contributed by atoms with van der Waals surface area (Å²) in [5, 5.41) is 8.96. The fourth-order valence-electron chi connectivity index (χ4n) is 1.56. The van der Waals surface area contributed by atoms with Crippen LogP contribution in [0.15, 0.2) is 36.4 Å². The van der Waals surface area contributed by atoms with E-state index in [9.17, 15) is 4.39 Å². The van der Waals surface area contributed by atoms with Crippen molar-refractivity contribution in [3.05, 3.63) is 47.8 Å². The minimum Gasteiger partial charge on any atom is -0.494 e. The Bertz CT molecular complexity index is 650. The molecule has 2 aromatic rings. The average Bonchev–Trinajstić information content (AvgIpc) is 2.42. The van der Waals surface area contributed by atoms with E-state index in [-0.39, 0.29) is 17.2 Å². The van der Waals surface area contributed by atoms with Crippen LogP contribution in [-0.4, -0.2) is 7.11 Å². The van der Waals surface area contributed by atoms with Crippen LogP contribution >= 0.6 is 0 Å². The third kappa shape index (κ3) is 2.58. The van der Waals surface area contributed by atoms with Crippen LogP contribution in [0.5, 0.6) is 17.2 Å². The topological polar surface area (TPSA) is 68.3 Å². The second-order valence-corrected chi connectivity index (χ2v) is 3.73. The molecular formula is C14H11FN2O2. The van der Waals surface area contributed by atoms with Gasteiger partial charge in [-0.25, -0.2) is 4.39 Å². The molecule has 2 rings (SSSR count). The molecule has 0 saturated heterocycles. The maximum Gasteiger partial charge on any atom is 0.167 e. The lowest BCUT2D eigenvalue weighted by atomic mass is 10.2. The van der Waals surface area contributed by atoms with E-state index in [2.05, 4.69) is 0 Å². The van der Waals surface area contributed by atoms with Gasteiger partial charge in [0.2, 0.25) is 0 Å². The van der Waals surface area contributed by atoms with Gasteiger partial charge in [0.05, 0.1) is 18.4 Å². The lowest BCUT2D eigenvalue weighted by molar-refractivity contribution is 0.382. The number of rotatable bonds is 3. The molecule has 0 amide bonds. The van der Waals surface area contributed by atoms with Crippen molar-refractivity contribution in [2.45, 2.75) is 0 Å². The molecule has 0 aliphatic carbocycles. The molecule has 0 spiro atoms. The molecule has 0 fully saturated rings. The van der Waals surface area contributed by atoms with Crippen molar-refractivity contribution in [3.63, 3.8) is 0 Å². The largest absolute Gasteiger partial charge is 0.494 e. The maximum atomic E-state index is 13.4. The normalized spacial score (nSPS) is 9.74. The average molecular weight is 258 g/mol. The number of nitriles is 1. The molecule has 0 bridgehead atoms. The van der Waals surface area contributed by atoms with Gasteiger partial charge in [0, 0.05) is 12.1 Å². The first kappa shape index (κ1) is 12.7. The number of anilines is 1. The Morgan fingerprint density at radius 1 is 1.16 bits per heavy atom. The van der Waals surface area contributed by atoms with Gasteiger partial charge in [0.15, 0.2) is 17.3 Å². The molecule has 96 valence electrons. The Labute approximate surface area is 109 Å². The van der Waals surface area contributed by atoms with E-state index in [1.807, 2.05) is 6.07 Å². The summed E-state index contributed by atoms with van der Waals surface area (Å²) in [6.45, 7) is 0. The zero-order valence-corrected chi connectivity index (χ0v) is 10.2. The number of hydrogen-bond donors (Lipinski definition) is 1. The third-order valence-electron chi connectivity index (χ3n) is 2.51. The van der Waals surface area contributed by atoms with Crippen LogP contribution in [0.2, 0.25) is 0 Å². The smallest absolute Gasteiger partial charge is 0.167 e. The van der Waals surface area contributed by atoms with Crippen LogP contribution in [0, 0.1) is 17.1 Å². The fraction of sp³-hybridized carbons (Fsp3) is 0.0714. The van der Waals surface area contributed by atoms with E-state index in [4.69, 9.17) is 20.5 Å². The molecule has 0 radical (unpaired) electrons. The van der Waals surface area contributed by atoms with Crippen molar-refractivity contribution in [2.75, 3.05) is 12.8 Å². The number of halogens is 1. The van der Waals surface area contributed by atoms with Gasteiger partial charge in [-0.3, -0.25) is 0 Å². The second-order valence-electron chi connectivity index (χ2n) is 3.73. The van der Waals surface area contributed by atoms with Crippen LogP contribution < -0.4 is 15.2 Å². The van der Waals surface area contributed by atoms with Crippen molar-refractivity contribution in [2.24, 2.45) is 0 Å². The summed E-state index contributed by atoms with van der Waals surface area (Å²) in [6, 6.07) is 11.2. The van der Waals surface area contributed by atoms with Crippen LogP contribution in [0.4, 0.5) is 10.1 Å². The van der Waals surface area contributed by atoms with Crippen molar-refractivity contribution in [3.8, 4) is 23.3 Å².